The van der Waals surface area contributed by atoms with Gasteiger partial charge in [-0.3, -0.25) is 14.4 Å². The van der Waals surface area contributed by atoms with E-state index in [9.17, 15) is 29.4 Å². The number of nitrogens with zero attached hydrogens (tertiary/aromatic N) is 1. The maximum Gasteiger partial charge on any atom is 0.326 e. The summed E-state index contributed by atoms with van der Waals surface area (Å²) in [4.78, 5) is 62.3. The number of fused-ring (bicyclic) bond motifs is 1. The lowest BCUT2D eigenvalue weighted by molar-refractivity contribution is -0.142. The first-order chi connectivity index (χ1) is 21.6. The van der Waals surface area contributed by atoms with E-state index in [1.54, 1.807) is 18.3 Å². The monoisotopic (exact) mass is 635 g/mol. The van der Waals surface area contributed by atoms with Crippen molar-refractivity contribution < 1.29 is 29.4 Å². The molecule has 4 unspecified atom stereocenters. The number of nitrogens with one attached hydrogen (secondary N) is 5. The summed E-state index contributed by atoms with van der Waals surface area (Å²) in [6, 6.07) is 9.37. The average molecular weight is 636 g/mol. The van der Waals surface area contributed by atoms with Crippen LogP contribution in [-0.2, 0) is 38.4 Å². The number of aromatic hydroxyl groups is 1. The molecule has 4 aromatic rings. The number of carboxylic acid groups (broad SMARTS) is 1. The van der Waals surface area contributed by atoms with Crippen molar-refractivity contribution in [1.82, 2.24) is 30.9 Å². The van der Waals surface area contributed by atoms with Gasteiger partial charge in [0, 0.05) is 41.8 Å². The number of nitrogens with two attached hydrogens (primary N) is 1. The van der Waals surface area contributed by atoms with Crippen molar-refractivity contribution >= 4 is 46.4 Å². The van der Waals surface area contributed by atoms with E-state index in [1.165, 1.54) is 36.4 Å². The van der Waals surface area contributed by atoms with Gasteiger partial charge in [-0.05, 0) is 54.2 Å². The number of aromatic nitrogens is 3. The summed E-state index contributed by atoms with van der Waals surface area (Å²) in [5.41, 5.74) is 8.99. The van der Waals surface area contributed by atoms with Crippen molar-refractivity contribution in [3.63, 3.8) is 0 Å². The lowest BCUT2D eigenvalue weighted by Crippen LogP contribution is -2.58. The molecule has 4 rings (SSSR count). The molecule has 0 bridgehead atoms. The lowest BCUT2D eigenvalue weighted by Gasteiger charge is -2.25. The molecular formula is C31H37N7O6S. The molecule has 238 valence electrons. The number of aliphatic carboxylic acids is 1. The summed E-state index contributed by atoms with van der Waals surface area (Å²) >= 11 is 1.49. The van der Waals surface area contributed by atoms with Crippen molar-refractivity contribution in [3.05, 3.63) is 84.1 Å². The van der Waals surface area contributed by atoms with E-state index in [4.69, 9.17) is 5.73 Å². The van der Waals surface area contributed by atoms with Crippen molar-refractivity contribution in [2.24, 2.45) is 5.73 Å². The highest BCUT2D eigenvalue weighted by Crippen LogP contribution is 2.20. The van der Waals surface area contributed by atoms with Gasteiger partial charge in [-0.25, -0.2) is 9.78 Å². The Balaban J connectivity index is 1.52. The maximum absolute atomic E-state index is 13.7. The van der Waals surface area contributed by atoms with Crippen LogP contribution < -0.4 is 21.7 Å². The Morgan fingerprint density at radius 2 is 1.58 bits per heavy atom. The summed E-state index contributed by atoms with van der Waals surface area (Å²) in [6.07, 6.45) is 6.96. The first kappa shape index (κ1) is 33.1. The van der Waals surface area contributed by atoms with Crippen LogP contribution in [0.2, 0.25) is 0 Å². The first-order valence-electron chi connectivity index (χ1n) is 14.3. The fraction of sp³-hybridized carbons (Fsp3) is 0.323. The number of amides is 3. The average Bonchev–Trinajstić information content (AvgIpc) is 3.69. The van der Waals surface area contributed by atoms with Gasteiger partial charge in [-0.2, -0.15) is 11.8 Å². The van der Waals surface area contributed by atoms with Crippen molar-refractivity contribution in [1.29, 1.82) is 0 Å². The summed E-state index contributed by atoms with van der Waals surface area (Å²) in [5.74, 6) is -2.46. The smallest absolute Gasteiger partial charge is 0.326 e. The van der Waals surface area contributed by atoms with Crippen molar-refractivity contribution in [3.8, 4) is 5.75 Å². The molecule has 2 aromatic heterocycles. The van der Waals surface area contributed by atoms with Crippen LogP contribution in [0.25, 0.3) is 10.9 Å². The molecule has 45 heavy (non-hydrogen) atoms. The molecule has 0 saturated heterocycles. The second kappa shape index (κ2) is 15.8. The molecule has 0 fully saturated rings. The van der Waals surface area contributed by atoms with Gasteiger partial charge in [-0.15, -0.1) is 0 Å². The fourth-order valence-corrected chi connectivity index (χ4v) is 5.32. The van der Waals surface area contributed by atoms with Gasteiger partial charge in [0.25, 0.3) is 0 Å². The van der Waals surface area contributed by atoms with Crippen molar-refractivity contribution in [2.75, 3.05) is 12.0 Å². The van der Waals surface area contributed by atoms with E-state index in [1.807, 2.05) is 30.5 Å². The Hall–Kier alpha value is -4.82. The third-order valence-electron chi connectivity index (χ3n) is 7.30. The Morgan fingerprint density at radius 1 is 0.889 bits per heavy atom. The molecule has 3 amide bonds. The predicted octanol–water partition coefficient (Wildman–Crippen LogP) is 1.24. The summed E-state index contributed by atoms with van der Waals surface area (Å²) < 4.78 is 0. The summed E-state index contributed by atoms with van der Waals surface area (Å²) in [7, 11) is 0. The number of carbonyl (C=O) groups excluding carboxylic acids is 3. The van der Waals surface area contributed by atoms with E-state index in [2.05, 4.69) is 30.9 Å². The lowest BCUT2D eigenvalue weighted by atomic mass is 10.0. The second-order valence-electron chi connectivity index (χ2n) is 10.6. The van der Waals surface area contributed by atoms with Crippen LogP contribution in [0.4, 0.5) is 0 Å². The molecular weight excluding hydrogens is 598 g/mol. The second-order valence-corrected chi connectivity index (χ2v) is 11.6. The minimum absolute atomic E-state index is 0.0415. The number of hydrogen-bond acceptors (Lipinski definition) is 8. The number of phenols is 1. The molecule has 2 heterocycles. The normalized spacial score (nSPS) is 13.8. The van der Waals surface area contributed by atoms with E-state index >= 15 is 0 Å². The molecule has 4 atom stereocenters. The number of thioether (sulfide) groups is 1. The largest absolute Gasteiger partial charge is 0.508 e. The number of hydrogen-bond donors (Lipinski definition) is 8. The SMILES string of the molecule is CSCCC(NC(=O)C(N)Cc1ccc(O)cc1)C(=O)NC(Cc1c[nH]c2ccccc12)C(=O)NC(Cc1cnc[nH]1)C(=O)O. The van der Waals surface area contributed by atoms with E-state index in [0.29, 0.717) is 11.4 Å². The van der Waals surface area contributed by atoms with Crippen molar-refractivity contribution in [2.45, 2.75) is 49.9 Å². The van der Waals surface area contributed by atoms with Crippen LogP contribution >= 0.6 is 11.8 Å². The summed E-state index contributed by atoms with van der Waals surface area (Å²) in [5, 5.41) is 28.2. The Bertz CT molecular complexity index is 1590. The molecule has 9 N–H and O–H groups in total. The fourth-order valence-electron chi connectivity index (χ4n) is 4.85. The standard InChI is InChI=1S/C31H37N7O6S/c1-45-11-10-25(36-28(40)23(32)12-18-6-8-21(39)9-7-18)29(41)37-26(13-19-15-34-24-5-3-2-4-22(19)24)30(42)38-27(31(43)44)14-20-16-33-17-35-20/h2-9,15-17,23,25-27,34,39H,10-14,32H2,1H3,(H,33,35)(H,36,40)(H,37,41)(H,38,42)(H,43,44). The predicted molar refractivity (Wildman–Crippen MR) is 171 cm³/mol. The van der Waals surface area contributed by atoms with Gasteiger partial charge in [0.05, 0.1) is 12.4 Å². The number of carbonyl (C=O) groups is 4. The van der Waals surface area contributed by atoms with E-state index in [-0.39, 0.29) is 31.4 Å². The minimum atomic E-state index is -1.29. The number of H-pyrrole nitrogens is 2. The Kier molecular flexibility index (Phi) is 11.6. The van der Waals surface area contributed by atoms with Gasteiger partial charge >= 0.3 is 5.97 Å². The number of para-hydroxylation sites is 1. The molecule has 14 heteroatoms. The molecule has 0 aliphatic carbocycles. The first-order valence-corrected chi connectivity index (χ1v) is 15.7. The zero-order valence-electron chi connectivity index (χ0n) is 24.7. The highest BCUT2D eigenvalue weighted by atomic mass is 32.2. The molecule has 0 aliphatic rings. The number of imidazole rings is 1. The molecule has 0 aliphatic heterocycles. The van der Waals surface area contributed by atoms with Gasteiger partial charge in [0.15, 0.2) is 0 Å². The number of carboxylic acids is 1. The van der Waals surface area contributed by atoms with Crippen LogP contribution in [-0.4, -0.2) is 85.0 Å². The van der Waals surface area contributed by atoms with E-state index in [0.717, 1.165) is 22.0 Å². The molecule has 0 radical (unpaired) electrons. The maximum atomic E-state index is 13.7. The van der Waals surface area contributed by atoms with Crippen LogP contribution in [0, 0.1) is 0 Å². The third kappa shape index (κ3) is 9.33. The summed E-state index contributed by atoms with van der Waals surface area (Å²) in [6.45, 7) is 0. The van der Waals surface area contributed by atoms with E-state index < -0.39 is 47.9 Å². The third-order valence-corrected chi connectivity index (χ3v) is 7.94. The molecule has 0 saturated carbocycles. The van der Waals surface area contributed by atoms with Crippen LogP contribution in [0.15, 0.2) is 67.3 Å². The van der Waals surface area contributed by atoms with Crippen LogP contribution in [0.3, 0.4) is 0 Å². The van der Waals surface area contributed by atoms with Gasteiger partial charge in [0.2, 0.25) is 17.7 Å². The molecule has 13 nitrogen and oxygen atoms in total. The Morgan fingerprint density at radius 3 is 2.27 bits per heavy atom. The molecule has 2 aromatic carbocycles. The number of aromatic amines is 2. The van der Waals surface area contributed by atoms with Gasteiger partial charge < -0.3 is 41.9 Å². The minimum Gasteiger partial charge on any atom is -0.508 e. The topological polar surface area (TPSA) is 215 Å². The Labute approximate surface area is 263 Å². The highest BCUT2D eigenvalue weighted by molar-refractivity contribution is 7.98. The van der Waals surface area contributed by atoms with Gasteiger partial charge in [0.1, 0.15) is 23.9 Å². The zero-order valence-corrected chi connectivity index (χ0v) is 25.5. The van der Waals surface area contributed by atoms with Crippen LogP contribution in [0.1, 0.15) is 23.2 Å². The highest BCUT2D eigenvalue weighted by Gasteiger charge is 2.31. The number of benzene rings is 2. The van der Waals surface area contributed by atoms with Crippen LogP contribution in [0.5, 0.6) is 5.75 Å². The van der Waals surface area contributed by atoms with Gasteiger partial charge in [-0.1, -0.05) is 30.3 Å². The number of rotatable bonds is 16. The number of phenolic OH excluding ortho intramolecular Hbond substituents is 1. The zero-order chi connectivity index (χ0) is 32.3. The quantitative estimate of drug-likeness (QED) is 0.0888. The molecule has 0 spiro atoms.